The predicted molar refractivity (Wildman–Crippen MR) is 149 cm³/mol. The largest absolute Gasteiger partial charge is 0.487 e. The molecule has 1 aliphatic carbocycles. The molecule has 0 bridgehead atoms. The Kier molecular flexibility index (Phi) is 14.0. The van der Waals surface area contributed by atoms with Crippen LogP contribution in [0.5, 0.6) is 5.75 Å². The highest BCUT2D eigenvalue weighted by Crippen LogP contribution is 2.30. The van der Waals surface area contributed by atoms with Crippen molar-refractivity contribution >= 4 is 0 Å². The van der Waals surface area contributed by atoms with Gasteiger partial charge in [-0.3, -0.25) is 0 Å². The molecule has 6 heteroatoms. The molecule has 0 amide bonds. The van der Waals surface area contributed by atoms with Gasteiger partial charge < -0.3 is 4.74 Å². The normalized spacial score (nSPS) is 14.7. The van der Waals surface area contributed by atoms with Crippen molar-refractivity contribution < 1.29 is 17.9 Å². The minimum atomic E-state index is -1.20. The van der Waals surface area contributed by atoms with Gasteiger partial charge in [-0.15, -0.1) is 0 Å². The first-order valence-corrected chi connectivity index (χ1v) is 15.1. The maximum Gasteiger partial charge on any atom is 0.201 e. The third-order valence-electron chi connectivity index (χ3n) is 7.84. The maximum atomic E-state index is 14.7. The molecule has 0 spiro atoms. The van der Waals surface area contributed by atoms with Gasteiger partial charge in [0.2, 0.25) is 5.82 Å². The van der Waals surface area contributed by atoms with Gasteiger partial charge in [-0.2, -0.15) is 4.39 Å². The lowest BCUT2D eigenvalue weighted by molar-refractivity contribution is 0.177. The van der Waals surface area contributed by atoms with Crippen molar-refractivity contribution in [3.63, 3.8) is 0 Å². The Bertz CT molecular complexity index is 916. The van der Waals surface area contributed by atoms with Crippen molar-refractivity contribution in [2.24, 2.45) is 5.92 Å². The average Bonchev–Trinajstić information content (AvgIpc) is 3.45. The van der Waals surface area contributed by atoms with Crippen LogP contribution < -0.4 is 4.74 Å². The summed E-state index contributed by atoms with van der Waals surface area (Å²) in [5.41, 5.74) is 0.977. The van der Waals surface area contributed by atoms with Gasteiger partial charge in [0.15, 0.2) is 17.4 Å². The summed E-state index contributed by atoms with van der Waals surface area (Å²) < 4.78 is 48.5. The zero-order chi connectivity index (χ0) is 27.0. The van der Waals surface area contributed by atoms with E-state index in [1.165, 1.54) is 82.8 Å². The third-order valence-corrected chi connectivity index (χ3v) is 7.84. The Morgan fingerprint density at radius 3 is 2.21 bits per heavy atom. The molecule has 0 radical (unpaired) electrons. The Balaban J connectivity index is 1.34. The number of hydrogen-bond acceptors (Lipinski definition) is 3. The van der Waals surface area contributed by atoms with Gasteiger partial charge in [0.05, 0.1) is 5.56 Å². The van der Waals surface area contributed by atoms with E-state index in [1.807, 2.05) is 0 Å². The van der Waals surface area contributed by atoms with Crippen molar-refractivity contribution in [1.29, 1.82) is 0 Å². The van der Waals surface area contributed by atoms with Crippen LogP contribution in [-0.2, 0) is 6.42 Å². The summed E-state index contributed by atoms with van der Waals surface area (Å²) in [5.74, 6) is -1.34. The van der Waals surface area contributed by atoms with Gasteiger partial charge in [0.1, 0.15) is 12.8 Å². The fourth-order valence-electron chi connectivity index (χ4n) is 5.44. The van der Waals surface area contributed by atoms with Crippen LogP contribution in [0.15, 0.2) is 24.5 Å². The topological polar surface area (TPSA) is 35.0 Å². The van der Waals surface area contributed by atoms with E-state index in [-0.39, 0.29) is 23.7 Å². The van der Waals surface area contributed by atoms with Gasteiger partial charge in [-0.05, 0) is 42.9 Å². The van der Waals surface area contributed by atoms with Gasteiger partial charge in [0, 0.05) is 12.4 Å². The number of ether oxygens (including phenoxy) is 1. The minimum Gasteiger partial charge on any atom is -0.487 e. The van der Waals surface area contributed by atoms with Crippen LogP contribution >= 0.6 is 0 Å². The fourth-order valence-corrected chi connectivity index (χ4v) is 5.44. The number of nitrogens with zero attached hydrogens (tertiary/aromatic N) is 2. The Hall–Kier alpha value is -2.11. The molecule has 1 fully saturated rings. The number of benzene rings is 1. The highest BCUT2D eigenvalue weighted by Gasteiger charge is 2.19. The van der Waals surface area contributed by atoms with E-state index in [0.717, 1.165) is 50.0 Å². The zero-order valence-electron chi connectivity index (χ0n) is 23.3. The van der Waals surface area contributed by atoms with Crippen molar-refractivity contribution in [3.05, 3.63) is 41.7 Å². The summed E-state index contributed by atoms with van der Waals surface area (Å²) in [6.45, 7) is 1.81. The predicted octanol–water partition coefficient (Wildman–Crippen LogP) is 9.96. The van der Waals surface area contributed by atoms with Gasteiger partial charge in [-0.25, -0.2) is 18.7 Å². The molecule has 0 unspecified atom stereocenters. The molecule has 0 saturated heterocycles. The minimum absolute atomic E-state index is 0.0225. The van der Waals surface area contributed by atoms with Crippen molar-refractivity contribution in [2.75, 3.05) is 6.61 Å². The highest BCUT2D eigenvalue weighted by atomic mass is 19.2. The second-order valence-corrected chi connectivity index (χ2v) is 11.1. The third kappa shape index (κ3) is 10.6. The average molecular weight is 533 g/mol. The Morgan fingerprint density at radius 1 is 0.842 bits per heavy atom. The van der Waals surface area contributed by atoms with Crippen LogP contribution in [0.3, 0.4) is 0 Å². The number of alkyl halides is 1. The molecule has 38 heavy (non-hydrogen) atoms. The second kappa shape index (κ2) is 17.5. The van der Waals surface area contributed by atoms with Crippen LogP contribution in [-0.4, -0.2) is 22.7 Å². The summed E-state index contributed by atoms with van der Waals surface area (Å²) in [6.07, 6.45) is 23.5. The maximum absolute atomic E-state index is 14.7. The smallest absolute Gasteiger partial charge is 0.201 e. The van der Waals surface area contributed by atoms with E-state index in [2.05, 4.69) is 16.9 Å². The summed E-state index contributed by atoms with van der Waals surface area (Å²) in [5, 5.41) is 0. The summed E-state index contributed by atoms with van der Waals surface area (Å²) in [7, 11) is 0. The first-order chi connectivity index (χ1) is 18.6. The van der Waals surface area contributed by atoms with E-state index in [4.69, 9.17) is 4.74 Å². The van der Waals surface area contributed by atoms with E-state index in [9.17, 15) is 13.2 Å². The standard InChI is InChI=1S/C32H47F3N2O/c1-2-3-4-12-19-27(33)24-38-29-21-20-28(30(34)31(29)35)32-36-22-26(23-37-32)18-11-9-7-5-6-8-10-15-25-16-13-14-17-25/h20-23,25,27H,2-19,24H2,1H3/t27-/m1/s1. The first kappa shape index (κ1) is 30.4. The summed E-state index contributed by atoms with van der Waals surface area (Å²) in [4.78, 5) is 8.53. The van der Waals surface area contributed by atoms with E-state index in [0.29, 0.717) is 6.42 Å². The fraction of sp³-hybridized carbons (Fsp3) is 0.688. The molecule has 1 heterocycles. The number of aromatic nitrogens is 2. The van der Waals surface area contributed by atoms with Crippen molar-refractivity contribution in [1.82, 2.24) is 9.97 Å². The first-order valence-electron chi connectivity index (χ1n) is 15.1. The summed E-state index contributed by atoms with van der Waals surface area (Å²) >= 11 is 0. The molecule has 1 aromatic carbocycles. The molecule has 212 valence electrons. The van der Waals surface area contributed by atoms with Crippen LogP contribution in [0.1, 0.15) is 122 Å². The second-order valence-electron chi connectivity index (χ2n) is 11.1. The Labute approximate surface area is 228 Å². The van der Waals surface area contributed by atoms with Crippen LogP contribution in [0.25, 0.3) is 11.4 Å². The van der Waals surface area contributed by atoms with Gasteiger partial charge >= 0.3 is 0 Å². The van der Waals surface area contributed by atoms with Gasteiger partial charge in [0.25, 0.3) is 0 Å². The van der Waals surface area contributed by atoms with Crippen LogP contribution in [0.2, 0.25) is 0 Å². The van der Waals surface area contributed by atoms with E-state index >= 15 is 0 Å². The summed E-state index contributed by atoms with van der Waals surface area (Å²) in [6, 6.07) is 2.72. The van der Waals surface area contributed by atoms with Crippen LogP contribution in [0, 0.1) is 17.6 Å². The lowest BCUT2D eigenvalue weighted by Gasteiger charge is -2.12. The SMILES string of the molecule is CCCCCC[C@@H](F)COc1ccc(-c2ncc(CCCCCCCCCC3CCCC3)cn2)c(F)c1F. The van der Waals surface area contributed by atoms with Crippen molar-refractivity contribution in [3.8, 4) is 17.1 Å². The number of halogens is 3. The lowest BCUT2D eigenvalue weighted by atomic mass is 9.99. The molecule has 3 rings (SSSR count). The molecule has 1 aromatic heterocycles. The number of aryl methyl sites for hydroxylation is 1. The molecule has 0 aliphatic heterocycles. The van der Waals surface area contributed by atoms with E-state index < -0.39 is 17.8 Å². The number of unbranched alkanes of at least 4 members (excludes halogenated alkanes) is 9. The Morgan fingerprint density at radius 2 is 1.50 bits per heavy atom. The van der Waals surface area contributed by atoms with E-state index in [1.54, 1.807) is 12.4 Å². The lowest BCUT2D eigenvalue weighted by Crippen LogP contribution is -2.14. The van der Waals surface area contributed by atoms with Gasteiger partial charge in [-0.1, -0.05) is 103 Å². The molecule has 1 aliphatic rings. The number of hydrogen-bond donors (Lipinski definition) is 0. The highest BCUT2D eigenvalue weighted by molar-refractivity contribution is 5.57. The molecule has 1 atom stereocenters. The molecule has 2 aromatic rings. The molecule has 0 N–H and O–H groups in total. The monoisotopic (exact) mass is 532 g/mol. The molecule has 1 saturated carbocycles. The molecular formula is C32H47F3N2O. The molecular weight excluding hydrogens is 485 g/mol. The van der Waals surface area contributed by atoms with Crippen molar-refractivity contribution in [2.45, 2.75) is 129 Å². The quantitative estimate of drug-likeness (QED) is 0.169. The zero-order valence-corrected chi connectivity index (χ0v) is 23.3. The number of rotatable bonds is 19. The molecule has 3 nitrogen and oxygen atoms in total. The van der Waals surface area contributed by atoms with Crippen LogP contribution in [0.4, 0.5) is 13.2 Å².